The van der Waals surface area contributed by atoms with Crippen LogP contribution < -0.4 is 5.32 Å². The highest BCUT2D eigenvalue weighted by atomic mass is 35.5. The first kappa shape index (κ1) is 33.3. The van der Waals surface area contributed by atoms with Gasteiger partial charge in [0.15, 0.2) is 0 Å². The Kier molecular flexibility index (Phi) is 11.8. The molecule has 4 rings (SSSR count). The summed E-state index contributed by atoms with van der Waals surface area (Å²) in [4.78, 5) is 41.4. The molecule has 0 aliphatic heterocycles. The highest BCUT2D eigenvalue weighted by Crippen LogP contribution is 2.31. The van der Waals surface area contributed by atoms with Gasteiger partial charge in [-0.15, -0.1) is 0 Å². The zero-order valence-electron chi connectivity index (χ0n) is 25.6. The van der Waals surface area contributed by atoms with Gasteiger partial charge in [0.1, 0.15) is 12.1 Å². The van der Waals surface area contributed by atoms with E-state index >= 15 is 0 Å². The summed E-state index contributed by atoms with van der Waals surface area (Å²) in [6.07, 6.45) is -0.0230. The van der Waals surface area contributed by atoms with Crippen LogP contribution in [0.4, 0.5) is 4.79 Å². The number of carboxylic acids is 1. The lowest BCUT2D eigenvalue weighted by Gasteiger charge is -2.35. The summed E-state index contributed by atoms with van der Waals surface area (Å²) in [5.41, 5.74) is 2.31. The van der Waals surface area contributed by atoms with Gasteiger partial charge >= 0.3 is 18.0 Å². The molecule has 2 N–H and O–H groups in total. The summed E-state index contributed by atoms with van der Waals surface area (Å²) in [7, 11) is 0. The molecule has 0 saturated carbocycles. The number of urea groups is 1. The van der Waals surface area contributed by atoms with Crippen LogP contribution in [0.5, 0.6) is 0 Å². The molecule has 4 aromatic rings. The maximum atomic E-state index is 14.0. The van der Waals surface area contributed by atoms with E-state index in [0.29, 0.717) is 17.1 Å². The molecule has 4 aromatic carbocycles. The van der Waals surface area contributed by atoms with Crippen LogP contribution >= 0.6 is 11.6 Å². The van der Waals surface area contributed by atoms with Gasteiger partial charge in [0.25, 0.3) is 0 Å². The number of halogens is 1. The van der Waals surface area contributed by atoms with Crippen LogP contribution in [-0.4, -0.2) is 46.6 Å². The molecule has 0 aromatic heterocycles. The maximum absolute atomic E-state index is 14.0. The number of rotatable bonds is 14. The van der Waals surface area contributed by atoms with E-state index in [9.17, 15) is 19.5 Å². The van der Waals surface area contributed by atoms with Crippen molar-refractivity contribution in [3.63, 3.8) is 0 Å². The van der Waals surface area contributed by atoms with Crippen molar-refractivity contribution in [2.45, 2.75) is 45.3 Å². The molecule has 2 amide bonds. The lowest BCUT2D eigenvalue weighted by Crippen LogP contribution is -2.61. The van der Waals surface area contributed by atoms with E-state index in [1.165, 1.54) is 4.90 Å². The number of carbonyl (C=O) groups is 3. The van der Waals surface area contributed by atoms with Gasteiger partial charge in [0, 0.05) is 31.0 Å². The third kappa shape index (κ3) is 9.68. The molecule has 1 atom stereocenters. The number of hydrogen-bond donors (Lipinski definition) is 2. The van der Waals surface area contributed by atoms with E-state index < -0.39 is 23.5 Å². The Balaban J connectivity index is 1.62. The van der Waals surface area contributed by atoms with Gasteiger partial charge in [0.05, 0.1) is 6.42 Å². The van der Waals surface area contributed by atoms with Gasteiger partial charge in [-0.2, -0.15) is 0 Å². The molecule has 0 bridgehead atoms. The summed E-state index contributed by atoms with van der Waals surface area (Å²) in [5, 5.41) is 14.2. The summed E-state index contributed by atoms with van der Waals surface area (Å²) < 4.78 is 5.42. The highest BCUT2D eigenvalue weighted by Gasteiger charge is 2.42. The number of benzene rings is 4. The standard InChI is InChI=1S/C37H39ClN2O5/c1-27(2)25-40(21-20-34(41)45-26-29-14-8-4-9-15-29)36(44)39-37(35(42)43,23-28-12-6-3-7-13-28)24-31-22-32(38)18-19-33(31)30-16-10-5-11-17-30/h3-19,22,27H,20-21,23-26H2,1-2H3,(H,39,44)(H,42,43). The Morgan fingerprint density at radius 1 is 0.844 bits per heavy atom. The van der Waals surface area contributed by atoms with Crippen LogP contribution in [0.3, 0.4) is 0 Å². The number of carbonyl (C=O) groups excluding carboxylic acids is 2. The summed E-state index contributed by atoms with van der Waals surface area (Å²) in [6, 6.07) is 33.1. The largest absolute Gasteiger partial charge is 0.479 e. The van der Waals surface area contributed by atoms with Gasteiger partial charge in [-0.05, 0) is 45.9 Å². The van der Waals surface area contributed by atoms with Gasteiger partial charge in [-0.3, -0.25) is 4.79 Å². The molecule has 8 heteroatoms. The molecule has 7 nitrogen and oxygen atoms in total. The average molecular weight is 627 g/mol. The Labute approximate surface area is 269 Å². The number of nitrogens with one attached hydrogen (secondary N) is 1. The van der Waals surface area contributed by atoms with Gasteiger partial charge in [-0.1, -0.05) is 123 Å². The third-order valence-electron chi connectivity index (χ3n) is 7.45. The van der Waals surface area contributed by atoms with Crippen LogP contribution in [0.15, 0.2) is 109 Å². The molecule has 0 radical (unpaired) electrons. The SMILES string of the molecule is CC(C)CN(CCC(=O)OCc1ccccc1)C(=O)NC(Cc1ccccc1)(Cc1cc(Cl)ccc1-c1ccccc1)C(=O)O. The van der Waals surface area contributed by atoms with Gasteiger partial charge in [-0.25, -0.2) is 9.59 Å². The second kappa shape index (κ2) is 15.9. The molecule has 0 aliphatic rings. The summed E-state index contributed by atoms with van der Waals surface area (Å²) in [5.74, 6) is -1.55. The summed E-state index contributed by atoms with van der Waals surface area (Å²) in [6.45, 7) is 4.45. The first-order chi connectivity index (χ1) is 21.6. The van der Waals surface area contributed by atoms with Crippen molar-refractivity contribution in [2.24, 2.45) is 5.92 Å². The third-order valence-corrected chi connectivity index (χ3v) is 7.68. The number of ether oxygens (including phenoxy) is 1. The topological polar surface area (TPSA) is 95.9 Å². The normalized spacial score (nSPS) is 12.3. The molecule has 0 heterocycles. The van der Waals surface area contributed by atoms with Crippen molar-refractivity contribution in [1.29, 1.82) is 0 Å². The van der Waals surface area contributed by atoms with Crippen LogP contribution in [0.2, 0.25) is 5.02 Å². The fraction of sp³-hybridized carbons (Fsp3) is 0.270. The number of carboxylic acid groups (broad SMARTS) is 1. The molecular formula is C37H39ClN2O5. The zero-order chi connectivity index (χ0) is 32.2. The van der Waals surface area contributed by atoms with E-state index in [4.69, 9.17) is 16.3 Å². The Bertz CT molecular complexity index is 1560. The van der Waals surface area contributed by atoms with Crippen LogP contribution in [0.25, 0.3) is 11.1 Å². The molecule has 0 fully saturated rings. The van der Waals surface area contributed by atoms with Crippen LogP contribution in [0, 0.1) is 5.92 Å². The molecule has 45 heavy (non-hydrogen) atoms. The van der Waals surface area contributed by atoms with Crippen molar-refractivity contribution in [3.05, 3.63) is 131 Å². The fourth-order valence-electron chi connectivity index (χ4n) is 5.27. The lowest BCUT2D eigenvalue weighted by atomic mass is 9.82. The monoisotopic (exact) mass is 626 g/mol. The van der Waals surface area contributed by atoms with Gasteiger partial charge < -0.3 is 20.1 Å². The smallest absolute Gasteiger partial charge is 0.330 e. The van der Waals surface area contributed by atoms with Crippen molar-refractivity contribution < 1.29 is 24.2 Å². The van der Waals surface area contributed by atoms with Crippen molar-refractivity contribution in [1.82, 2.24) is 10.2 Å². The van der Waals surface area contributed by atoms with Gasteiger partial charge in [0.2, 0.25) is 0 Å². The fourth-order valence-corrected chi connectivity index (χ4v) is 5.46. The molecular weight excluding hydrogens is 588 g/mol. The molecule has 0 aliphatic carbocycles. The number of hydrogen-bond acceptors (Lipinski definition) is 4. The zero-order valence-corrected chi connectivity index (χ0v) is 26.4. The average Bonchev–Trinajstić information content (AvgIpc) is 3.03. The minimum atomic E-state index is -1.73. The Morgan fingerprint density at radius 2 is 1.44 bits per heavy atom. The van der Waals surface area contributed by atoms with Crippen molar-refractivity contribution in [3.8, 4) is 11.1 Å². The first-order valence-corrected chi connectivity index (χ1v) is 15.4. The molecule has 1 unspecified atom stereocenters. The summed E-state index contributed by atoms with van der Waals surface area (Å²) >= 11 is 6.44. The number of aliphatic carboxylic acids is 1. The number of nitrogens with zero attached hydrogens (tertiary/aromatic N) is 1. The Morgan fingerprint density at radius 3 is 2.04 bits per heavy atom. The lowest BCUT2D eigenvalue weighted by molar-refractivity contribution is -0.146. The van der Waals surface area contributed by atoms with Crippen LogP contribution in [-0.2, 0) is 33.8 Å². The number of esters is 1. The highest BCUT2D eigenvalue weighted by molar-refractivity contribution is 6.30. The predicted octanol–water partition coefficient (Wildman–Crippen LogP) is 7.42. The van der Waals surface area contributed by atoms with E-state index in [0.717, 1.165) is 22.3 Å². The van der Waals surface area contributed by atoms with Crippen molar-refractivity contribution >= 4 is 29.6 Å². The second-order valence-electron chi connectivity index (χ2n) is 11.6. The van der Waals surface area contributed by atoms with E-state index in [-0.39, 0.29) is 38.3 Å². The minimum Gasteiger partial charge on any atom is -0.479 e. The molecule has 234 valence electrons. The quantitative estimate of drug-likeness (QED) is 0.142. The minimum absolute atomic E-state index is 0.0254. The van der Waals surface area contributed by atoms with E-state index in [1.54, 1.807) is 12.1 Å². The Hall–Kier alpha value is -4.62. The van der Waals surface area contributed by atoms with E-state index in [1.807, 2.05) is 111 Å². The molecule has 0 spiro atoms. The second-order valence-corrected chi connectivity index (χ2v) is 12.0. The van der Waals surface area contributed by atoms with Crippen LogP contribution in [0.1, 0.15) is 37.0 Å². The van der Waals surface area contributed by atoms with E-state index in [2.05, 4.69) is 5.32 Å². The maximum Gasteiger partial charge on any atom is 0.330 e. The van der Waals surface area contributed by atoms with Crippen molar-refractivity contribution in [2.75, 3.05) is 13.1 Å². The molecule has 0 saturated heterocycles. The first-order valence-electron chi connectivity index (χ1n) is 15.0. The predicted molar refractivity (Wildman–Crippen MR) is 177 cm³/mol. The number of amides is 2.